The Hall–Kier alpha value is -2.38. The first-order valence-electron chi connectivity index (χ1n) is 9.40. The van der Waals surface area contributed by atoms with E-state index in [1.807, 2.05) is 28.8 Å². The van der Waals surface area contributed by atoms with Gasteiger partial charge in [0, 0.05) is 29.3 Å². The van der Waals surface area contributed by atoms with Gasteiger partial charge in [0.05, 0.1) is 6.33 Å². The van der Waals surface area contributed by atoms with E-state index in [9.17, 15) is 0 Å². The van der Waals surface area contributed by atoms with Crippen LogP contribution in [0.15, 0.2) is 30.6 Å². The van der Waals surface area contributed by atoms with Crippen LogP contribution in [-0.2, 0) is 6.54 Å². The fourth-order valence-corrected chi connectivity index (χ4v) is 3.67. The molecule has 4 N–H and O–H groups in total. The van der Waals surface area contributed by atoms with Crippen LogP contribution in [0.4, 0.5) is 17.5 Å². The topological polar surface area (TPSA) is 93.7 Å². The van der Waals surface area contributed by atoms with Gasteiger partial charge in [-0.3, -0.25) is 0 Å². The second-order valence-electron chi connectivity index (χ2n) is 6.99. The van der Waals surface area contributed by atoms with Crippen LogP contribution in [0.1, 0.15) is 32.6 Å². The molecule has 0 amide bonds. The van der Waals surface area contributed by atoms with Crippen LogP contribution in [0.3, 0.4) is 0 Å². The SMILES string of the molecule is CCn1cnc2c(Nc3cccc(Cl)c3)nc(N[C@H]3CC[C@H](N)CC3)nc21. The first-order chi connectivity index (χ1) is 13.1. The van der Waals surface area contributed by atoms with Crippen LogP contribution in [0.2, 0.25) is 5.02 Å². The highest BCUT2D eigenvalue weighted by molar-refractivity contribution is 6.30. The van der Waals surface area contributed by atoms with E-state index >= 15 is 0 Å². The van der Waals surface area contributed by atoms with E-state index in [1.54, 1.807) is 6.33 Å². The normalized spacial score (nSPS) is 20.0. The molecule has 0 atom stereocenters. The molecular weight excluding hydrogens is 362 g/mol. The number of hydrogen-bond acceptors (Lipinski definition) is 6. The van der Waals surface area contributed by atoms with Crippen molar-refractivity contribution < 1.29 is 0 Å². The van der Waals surface area contributed by atoms with Crippen LogP contribution in [0, 0.1) is 0 Å². The third-order valence-corrected chi connectivity index (χ3v) is 5.23. The summed E-state index contributed by atoms with van der Waals surface area (Å²) < 4.78 is 2.02. The summed E-state index contributed by atoms with van der Waals surface area (Å²) >= 11 is 6.11. The molecule has 3 aromatic rings. The monoisotopic (exact) mass is 385 g/mol. The summed E-state index contributed by atoms with van der Waals surface area (Å²) in [4.78, 5) is 13.9. The minimum absolute atomic E-state index is 0.313. The van der Waals surface area contributed by atoms with Gasteiger partial charge in [0.15, 0.2) is 17.0 Å². The highest BCUT2D eigenvalue weighted by atomic mass is 35.5. The van der Waals surface area contributed by atoms with Gasteiger partial charge in [0.2, 0.25) is 5.95 Å². The van der Waals surface area contributed by atoms with Crippen LogP contribution in [-0.4, -0.2) is 31.6 Å². The first-order valence-corrected chi connectivity index (χ1v) is 9.77. The minimum atomic E-state index is 0.313. The fourth-order valence-electron chi connectivity index (χ4n) is 3.48. The average molecular weight is 386 g/mol. The number of halogens is 1. The molecule has 27 heavy (non-hydrogen) atoms. The Morgan fingerprint density at radius 3 is 2.78 bits per heavy atom. The summed E-state index contributed by atoms with van der Waals surface area (Å²) in [5.41, 5.74) is 8.44. The van der Waals surface area contributed by atoms with Gasteiger partial charge < -0.3 is 20.9 Å². The van der Waals surface area contributed by atoms with Crippen molar-refractivity contribution in [1.82, 2.24) is 19.5 Å². The molecule has 1 fully saturated rings. The quantitative estimate of drug-likeness (QED) is 0.616. The van der Waals surface area contributed by atoms with Gasteiger partial charge >= 0.3 is 0 Å². The van der Waals surface area contributed by atoms with Crippen molar-refractivity contribution in [2.75, 3.05) is 10.6 Å². The van der Waals surface area contributed by atoms with E-state index < -0.39 is 0 Å². The van der Waals surface area contributed by atoms with E-state index in [1.165, 1.54) is 0 Å². The molecule has 0 unspecified atom stereocenters. The van der Waals surface area contributed by atoms with Crippen LogP contribution in [0.25, 0.3) is 11.2 Å². The molecule has 142 valence electrons. The van der Waals surface area contributed by atoms with Crippen molar-refractivity contribution >= 4 is 40.2 Å². The van der Waals surface area contributed by atoms with Gasteiger partial charge in [-0.15, -0.1) is 0 Å². The molecular formula is C19H24ClN7. The summed E-state index contributed by atoms with van der Waals surface area (Å²) in [5.74, 6) is 1.28. The molecule has 1 saturated carbocycles. The Balaban J connectivity index is 1.67. The lowest BCUT2D eigenvalue weighted by Crippen LogP contribution is -2.33. The number of hydrogen-bond donors (Lipinski definition) is 3. The zero-order chi connectivity index (χ0) is 18.8. The third-order valence-electron chi connectivity index (χ3n) is 5.00. The Bertz CT molecular complexity index is 931. The standard InChI is InChI=1S/C19H24ClN7/c1-2-27-11-22-16-17(23-15-5-3-4-12(20)10-15)25-19(26-18(16)27)24-14-8-6-13(21)7-9-14/h3-5,10-11,13-14H,2,6-9,21H2,1H3,(H2,23,24,25,26)/t13-,14-. The molecule has 1 aromatic carbocycles. The largest absolute Gasteiger partial charge is 0.351 e. The molecule has 0 aliphatic heterocycles. The summed E-state index contributed by atoms with van der Waals surface area (Å²) in [6.07, 6.45) is 5.92. The maximum atomic E-state index is 6.11. The average Bonchev–Trinajstić information content (AvgIpc) is 3.07. The number of nitrogens with one attached hydrogen (secondary N) is 2. The summed E-state index contributed by atoms with van der Waals surface area (Å²) in [7, 11) is 0. The van der Waals surface area contributed by atoms with Gasteiger partial charge in [0.1, 0.15) is 0 Å². The Labute approximate surface area is 163 Å². The molecule has 8 heteroatoms. The molecule has 7 nitrogen and oxygen atoms in total. The van der Waals surface area contributed by atoms with E-state index in [2.05, 4.69) is 22.5 Å². The van der Waals surface area contributed by atoms with E-state index in [0.717, 1.165) is 49.1 Å². The molecule has 1 aliphatic carbocycles. The van der Waals surface area contributed by atoms with Crippen molar-refractivity contribution in [3.8, 4) is 0 Å². The van der Waals surface area contributed by atoms with Crippen molar-refractivity contribution in [3.05, 3.63) is 35.6 Å². The lowest BCUT2D eigenvalue weighted by atomic mass is 9.92. The van der Waals surface area contributed by atoms with E-state index in [0.29, 0.717) is 28.9 Å². The number of rotatable bonds is 5. The van der Waals surface area contributed by atoms with Gasteiger partial charge in [-0.25, -0.2) is 4.98 Å². The molecule has 0 radical (unpaired) electrons. The number of benzene rings is 1. The van der Waals surface area contributed by atoms with E-state index in [4.69, 9.17) is 27.3 Å². The summed E-state index contributed by atoms with van der Waals surface area (Å²) in [6, 6.07) is 8.22. The second kappa shape index (κ2) is 7.70. The van der Waals surface area contributed by atoms with Crippen molar-refractivity contribution in [3.63, 3.8) is 0 Å². The molecule has 4 rings (SSSR count). The number of aromatic nitrogens is 4. The van der Waals surface area contributed by atoms with Crippen molar-refractivity contribution in [2.24, 2.45) is 5.73 Å². The van der Waals surface area contributed by atoms with Crippen molar-refractivity contribution in [2.45, 2.75) is 51.2 Å². The minimum Gasteiger partial charge on any atom is -0.351 e. The van der Waals surface area contributed by atoms with Crippen molar-refractivity contribution in [1.29, 1.82) is 0 Å². The molecule has 2 heterocycles. The first kappa shape index (κ1) is 18.0. The summed E-state index contributed by atoms with van der Waals surface area (Å²) in [5, 5.41) is 7.49. The highest BCUT2D eigenvalue weighted by Crippen LogP contribution is 2.27. The molecule has 2 aromatic heterocycles. The maximum absolute atomic E-state index is 6.11. The molecule has 0 saturated heterocycles. The second-order valence-corrected chi connectivity index (χ2v) is 7.43. The summed E-state index contributed by atoms with van der Waals surface area (Å²) in [6.45, 7) is 2.87. The lowest BCUT2D eigenvalue weighted by molar-refractivity contribution is 0.410. The predicted octanol–water partition coefficient (Wildman–Crippen LogP) is 3.93. The predicted molar refractivity (Wildman–Crippen MR) is 110 cm³/mol. The van der Waals surface area contributed by atoms with Gasteiger partial charge in [-0.2, -0.15) is 9.97 Å². The number of anilines is 3. The van der Waals surface area contributed by atoms with Gasteiger partial charge in [-0.1, -0.05) is 17.7 Å². The third kappa shape index (κ3) is 3.99. The van der Waals surface area contributed by atoms with Crippen LogP contribution < -0.4 is 16.4 Å². The fraction of sp³-hybridized carbons (Fsp3) is 0.421. The zero-order valence-electron chi connectivity index (χ0n) is 15.3. The lowest BCUT2D eigenvalue weighted by Gasteiger charge is -2.26. The molecule has 1 aliphatic rings. The van der Waals surface area contributed by atoms with Gasteiger partial charge in [-0.05, 0) is 50.8 Å². The number of imidazole rings is 1. The smallest absolute Gasteiger partial charge is 0.227 e. The zero-order valence-corrected chi connectivity index (χ0v) is 16.1. The highest BCUT2D eigenvalue weighted by Gasteiger charge is 2.20. The van der Waals surface area contributed by atoms with Crippen LogP contribution in [0.5, 0.6) is 0 Å². The molecule has 0 spiro atoms. The molecule has 0 bridgehead atoms. The van der Waals surface area contributed by atoms with E-state index in [-0.39, 0.29) is 0 Å². The van der Waals surface area contributed by atoms with Crippen LogP contribution >= 0.6 is 11.6 Å². The Kier molecular flexibility index (Phi) is 5.13. The number of fused-ring (bicyclic) bond motifs is 1. The number of aryl methyl sites for hydroxylation is 1. The Morgan fingerprint density at radius 2 is 2.04 bits per heavy atom. The number of nitrogens with two attached hydrogens (primary N) is 1. The van der Waals surface area contributed by atoms with Gasteiger partial charge in [0.25, 0.3) is 0 Å². The number of nitrogens with zero attached hydrogens (tertiary/aromatic N) is 4. The maximum Gasteiger partial charge on any atom is 0.227 e. The Morgan fingerprint density at radius 1 is 1.22 bits per heavy atom.